The van der Waals surface area contributed by atoms with Crippen molar-refractivity contribution in [1.82, 2.24) is 0 Å². The fraction of sp³-hybridized carbons (Fsp3) is 0.579. The zero-order valence-electron chi connectivity index (χ0n) is 14.5. The molecule has 1 aromatic rings. The van der Waals surface area contributed by atoms with E-state index in [-0.39, 0.29) is 23.1 Å². The van der Waals surface area contributed by atoms with Crippen molar-refractivity contribution in [2.75, 3.05) is 14.2 Å². The van der Waals surface area contributed by atoms with Gasteiger partial charge in [-0.1, -0.05) is 13.3 Å². The summed E-state index contributed by atoms with van der Waals surface area (Å²) in [4.78, 5) is 25.4. The molecule has 2 aliphatic carbocycles. The molecule has 0 amide bonds. The molecule has 0 aromatic heterocycles. The van der Waals surface area contributed by atoms with Crippen molar-refractivity contribution in [3.63, 3.8) is 0 Å². The van der Waals surface area contributed by atoms with Crippen molar-refractivity contribution < 1.29 is 19.1 Å². The molecule has 0 N–H and O–H groups in total. The number of methoxy groups -OCH3 is 2. The molecule has 0 saturated heterocycles. The van der Waals surface area contributed by atoms with Crippen LogP contribution in [0.25, 0.3) is 0 Å². The predicted molar refractivity (Wildman–Crippen MR) is 91.8 cm³/mol. The molecule has 0 heterocycles. The molecule has 130 valence electrons. The standard InChI is InChI=1S/C19H23ClO4/c1-18-8-5-9-19(2,17(22)24-4)16(18)14(20)15(21)12-7-6-11(23-3)10-13(12)18/h6-7,10,14,16H,5,8-9H2,1-4H3/t14-,16-,18-,19-/m1/s1. The summed E-state index contributed by atoms with van der Waals surface area (Å²) in [6.07, 6.45) is 2.43. The first-order valence-electron chi connectivity index (χ1n) is 8.25. The Labute approximate surface area is 147 Å². The van der Waals surface area contributed by atoms with E-state index in [1.54, 1.807) is 19.2 Å². The van der Waals surface area contributed by atoms with Crippen molar-refractivity contribution in [2.24, 2.45) is 11.3 Å². The average molecular weight is 351 g/mol. The molecule has 24 heavy (non-hydrogen) atoms. The van der Waals surface area contributed by atoms with Gasteiger partial charge in [-0.2, -0.15) is 0 Å². The summed E-state index contributed by atoms with van der Waals surface area (Å²) in [7, 11) is 3.00. The summed E-state index contributed by atoms with van der Waals surface area (Å²) in [5.41, 5.74) is 0.433. The third kappa shape index (κ3) is 2.19. The number of benzene rings is 1. The van der Waals surface area contributed by atoms with Crippen molar-refractivity contribution in [1.29, 1.82) is 0 Å². The van der Waals surface area contributed by atoms with Crippen LogP contribution in [0.4, 0.5) is 0 Å². The van der Waals surface area contributed by atoms with Gasteiger partial charge in [0.25, 0.3) is 0 Å². The second-order valence-corrected chi connectivity index (χ2v) is 7.81. The summed E-state index contributed by atoms with van der Waals surface area (Å²) in [6.45, 7) is 3.99. The minimum Gasteiger partial charge on any atom is -0.497 e. The van der Waals surface area contributed by atoms with Crippen LogP contribution >= 0.6 is 11.6 Å². The smallest absolute Gasteiger partial charge is 0.311 e. The number of hydrogen-bond donors (Lipinski definition) is 0. The van der Waals surface area contributed by atoms with E-state index in [2.05, 4.69) is 6.92 Å². The molecule has 0 spiro atoms. The number of esters is 1. The zero-order valence-corrected chi connectivity index (χ0v) is 15.3. The Bertz CT molecular complexity index is 701. The lowest BCUT2D eigenvalue weighted by Crippen LogP contribution is -2.58. The molecular weight excluding hydrogens is 328 g/mol. The van der Waals surface area contributed by atoms with E-state index >= 15 is 0 Å². The molecule has 1 saturated carbocycles. The number of ketones is 1. The van der Waals surface area contributed by atoms with Gasteiger partial charge in [0.2, 0.25) is 0 Å². The van der Waals surface area contributed by atoms with E-state index in [1.807, 2.05) is 13.0 Å². The summed E-state index contributed by atoms with van der Waals surface area (Å²) < 4.78 is 10.4. The number of Topliss-reactive ketones (excluding diaryl/α,β-unsaturated/α-hetero) is 1. The molecule has 1 aromatic carbocycles. The van der Waals surface area contributed by atoms with Gasteiger partial charge in [0.15, 0.2) is 5.78 Å². The molecule has 3 rings (SSSR count). The molecule has 1 fully saturated rings. The molecule has 0 aliphatic heterocycles. The molecule has 0 unspecified atom stereocenters. The highest BCUT2D eigenvalue weighted by molar-refractivity contribution is 6.35. The van der Waals surface area contributed by atoms with Crippen LogP contribution in [0.15, 0.2) is 18.2 Å². The van der Waals surface area contributed by atoms with Crippen LogP contribution in [0.2, 0.25) is 0 Å². The van der Waals surface area contributed by atoms with Crippen LogP contribution in [0.5, 0.6) is 5.75 Å². The number of rotatable bonds is 2. The third-order valence-corrected chi connectivity index (χ3v) is 6.52. The first-order valence-corrected chi connectivity index (χ1v) is 8.68. The fourth-order valence-corrected chi connectivity index (χ4v) is 5.56. The highest BCUT2D eigenvalue weighted by atomic mass is 35.5. The van der Waals surface area contributed by atoms with Crippen LogP contribution in [-0.2, 0) is 14.9 Å². The van der Waals surface area contributed by atoms with Crippen LogP contribution in [0.1, 0.15) is 49.0 Å². The Morgan fingerprint density at radius 2 is 1.96 bits per heavy atom. The maximum Gasteiger partial charge on any atom is 0.311 e. The SMILES string of the molecule is COC(=O)[C@]1(C)CCC[C@]2(C)c3cc(OC)ccc3C(=O)[C@@H](Cl)[C@@H]12. The predicted octanol–water partition coefficient (Wildman–Crippen LogP) is 3.74. The second kappa shape index (κ2) is 5.76. The van der Waals surface area contributed by atoms with Crippen molar-refractivity contribution in [3.8, 4) is 5.75 Å². The van der Waals surface area contributed by atoms with Crippen LogP contribution in [0.3, 0.4) is 0 Å². The number of halogens is 1. The van der Waals surface area contributed by atoms with E-state index in [9.17, 15) is 9.59 Å². The lowest BCUT2D eigenvalue weighted by atomic mass is 9.49. The van der Waals surface area contributed by atoms with E-state index in [1.165, 1.54) is 7.11 Å². The first kappa shape index (κ1) is 17.3. The Morgan fingerprint density at radius 3 is 2.58 bits per heavy atom. The summed E-state index contributed by atoms with van der Waals surface area (Å²) >= 11 is 6.63. The number of carbonyl (C=O) groups is 2. The maximum atomic E-state index is 12.9. The number of fused-ring (bicyclic) bond motifs is 3. The zero-order chi connectivity index (χ0) is 17.7. The van der Waals surface area contributed by atoms with Gasteiger partial charge in [0.1, 0.15) is 11.1 Å². The number of hydrogen-bond acceptors (Lipinski definition) is 4. The number of ether oxygens (including phenoxy) is 2. The van der Waals surface area contributed by atoms with Crippen LogP contribution < -0.4 is 4.74 Å². The van der Waals surface area contributed by atoms with Gasteiger partial charge >= 0.3 is 5.97 Å². The Kier molecular flexibility index (Phi) is 4.15. The molecule has 4 nitrogen and oxygen atoms in total. The lowest BCUT2D eigenvalue weighted by molar-refractivity contribution is -0.160. The summed E-state index contributed by atoms with van der Waals surface area (Å²) in [5.74, 6) is -0.00286. The molecule has 5 heteroatoms. The fourth-order valence-electron chi connectivity index (χ4n) is 4.88. The quantitative estimate of drug-likeness (QED) is 0.602. The summed E-state index contributed by atoms with van der Waals surface area (Å²) in [6, 6.07) is 5.50. The minimum atomic E-state index is -0.773. The molecular formula is C19H23ClO4. The topological polar surface area (TPSA) is 52.6 Å². The van der Waals surface area contributed by atoms with Gasteiger partial charge < -0.3 is 9.47 Å². The number of carbonyl (C=O) groups excluding carboxylic acids is 2. The maximum absolute atomic E-state index is 12.9. The second-order valence-electron chi connectivity index (χ2n) is 7.34. The van der Waals surface area contributed by atoms with Crippen molar-refractivity contribution >= 4 is 23.4 Å². The van der Waals surface area contributed by atoms with Gasteiger partial charge in [-0.05, 0) is 48.9 Å². The molecule has 2 aliphatic rings. The van der Waals surface area contributed by atoms with E-state index < -0.39 is 10.8 Å². The molecule has 0 bridgehead atoms. The highest BCUT2D eigenvalue weighted by Crippen LogP contribution is 2.59. The summed E-state index contributed by atoms with van der Waals surface area (Å²) in [5, 5.41) is -0.736. The van der Waals surface area contributed by atoms with Crippen LogP contribution in [0, 0.1) is 11.3 Å². The average Bonchev–Trinajstić information content (AvgIpc) is 2.58. The van der Waals surface area contributed by atoms with Crippen molar-refractivity contribution in [2.45, 2.75) is 43.9 Å². The monoisotopic (exact) mass is 350 g/mol. The van der Waals surface area contributed by atoms with Gasteiger partial charge in [0, 0.05) is 11.5 Å². The van der Waals surface area contributed by atoms with E-state index in [0.717, 1.165) is 18.4 Å². The highest BCUT2D eigenvalue weighted by Gasteiger charge is 2.61. The molecule has 4 atom stereocenters. The minimum absolute atomic E-state index is 0.117. The van der Waals surface area contributed by atoms with E-state index in [4.69, 9.17) is 21.1 Å². The van der Waals surface area contributed by atoms with E-state index in [0.29, 0.717) is 17.7 Å². The van der Waals surface area contributed by atoms with Gasteiger partial charge in [-0.3, -0.25) is 9.59 Å². The normalized spacial score (nSPS) is 35.0. The number of alkyl halides is 1. The third-order valence-electron chi connectivity index (χ3n) is 6.07. The first-order chi connectivity index (χ1) is 11.3. The van der Waals surface area contributed by atoms with Crippen LogP contribution in [-0.4, -0.2) is 31.3 Å². The van der Waals surface area contributed by atoms with Gasteiger partial charge in [0.05, 0.1) is 19.6 Å². The van der Waals surface area contributed by atoms with Gasteiger partial charge in [-0.15, -0.1) is 11.6 Å². The Hall–Kier alpha value is -1.55. The Balaban J connectivity index is 2.23. The van der Waals surface area contributed by atoms with Gasteiger partial charge in [-0.25, -0.2) is 0 Å². The largest absolute Gasteiger partial charge is 0.497 e. The lowest BCUT2D eigenvalue weighted by Gasteiger charge is -2.54. The molecule has 0 radical (unpaired) electrons. The Morgan fingerprint density at radius 1 is 1.25 bits per heavy atom. The van der Waals surface area contributed by atoms with Crippen molar-refractivity contribution in [3.05, 3.63) is 29.3 Å².